The first-order valence-electron chi connectivity index (χ1n) is 5.40. The Morgan fingerprint density at radius 3 is 2.88 bits per heavy atom. The minimum Gasteiger partial charge on any atom is -0.507 e. The summed E-state index contributed by atoms with van der Waals surface area (Å²) in [6, 6.07) is 5.47. The van der Waals surface area contributed by atoms with Gasteiger partial charge in [0.1, 0.15) is 11.5 Å². The molecule has 0 saturated carbocycles. The number of benzene rings is 1. The molecule has 1 rings (SSSR count). The van der Waals surface area contributed by atoms with E-state index in [0.717, 1.165) is 18.5 Å². The van der Waals surface area contributed by atoms with Crippen LogP contribution in [0, 0.1) is 0 Å². The second-order valence-electron chi connectivity index (χ2n) is 3.68. The first-order valence-corrected chi connectivity index (χ1v) is 5.40. The Morgan fingerprint density at radius 2 is 2.31 bits per heavy atom. The van der Waals surface area contributed by atoms with Crippen molar-refractivity contribution in [3.63, 3.8) is 0 Å². The lowest BCUT2D eigenvalue weighted by atomic mass is 10.1. The van der Waals surface area contributed by atoms with Crippen LogP contribution in [-0.4, -0.2) is 18.8 Å². The molecule has 88 valence electrons. The van der Waals surface area contributed by atoms with Gasteiger partial charge in [-0.1, -0.05) is 12.1 Å². The van der Waals surface area contributed by atoms with Gasteiger partial charge >= 0.3 is 0 Å². The third-order valence-electron chi connectivity index (χ3n) is 2.50. The van der Waals surface area contributed by atoms with E-state index in [4.69, 9.17) is 4.74 Å². The maximum Gasteiger partial charge on any atom is 0.124 e. The summed E-state index contributed by atoms with van der Waals surface area (Å²) in [7, 11) is 1.58. The van der Waals surface area contributed by atoms with E-state index < -0.39 is 0 Å². The van der Waals surface area contributed by atoms with Gasteiger partial charge in [-0.05, 0) is 26.0 Å². The summed E-state index contributed by atoms with van der Waals surface area (Å²) >= 11 is 0. The van der Waals surface area contributed by atoms with Gasteiger partial charge in [0.25, 0.3) is 0 Å². The summed E-state index contributed by atoms with van der Waals surface area (Å²) in [6.07, 6.45) is 2.79. The number of aromatic hydroxyl groups is 1. The lowest BCUT2D eigenvalue weighted by molar-refractivity contribution is 0.404. The van der Waals surface area contributed by atoms with Crippen LogP contribution in [0.4, 0.5) is 0 Å². The van der Waals surface area contributed by atoms with Gasteiger partial charge in [0.05, 0.1) is 7.11 Å². The van der Waals surface area contributed by atoms with Gasteiger partial charge in [0, 0.05) is 17.7 Å². The standard InChI is InChI=1S/C13H19NO2/c1-4-5-8-14-10(2)12-7-6-11(16-3)9-13(12)15/h4,6-7,9-10,14-15H,1,5,8H2,2-3H3. The van der Waals surface area contributed by atoms with Gasteiger partial charge in [0.15, 0.2) is 0 Å². The second-order valence-corrected chi connectivity index (χ2v) is 3.68. The molecule has 0 spiro atoms. The Kier molecular flexibility index (Phi) is 4.86. The molecule has 1 aromatic carbocycles. The number of hydrogen-bond acceptors (Lipinski definition) is 3. The monoisotopic (exact) mass is 221 g/mol. The highest BCUT2D eigenvalue weighted by Crippen LogP contribution is 2.28. The molecule has 0 aliphatic heterocycles. The molecule has 0 aliphatic carbocycles. The predicted octanol–water partition coefficient (Wildman–Crippen LogP) is 2.63. The molecule has 0 aliphatic rings. The SMILES string of the molecule is C=CCCNC(C)c1ccc(OC)cc1O. The summed E-state index contributed by atoms with van der Waals surface area (Å²) in [5.74, 6) is 0.928. The van der Waals surface area contributed by atoms with Crippen molar-refractivity contribution in [3.05, 3.63) is 36.4 Å². The van der Waals surface area contributed by atoms with Gasteiger partial charge in [-0.15, -0.1) is 6.58 Å². The molecule has 2 N–H and O–H groups in total. The van der Waals surface area contributed by atoms with Crippen LogP contribution in [-0.2, 0) is 0 Å². The smallest absolute Gasteiger partial charge is 0.124 e. The topological polar surface area (TPSA) is 41.5 Å². The highest BCUT2D eigenvalue weighted by Gasteiger charge is 2.09. The molecule has 0 aromatic heterocycles. The fraction of sp³-hybridized carbons (Fsp3) is 0.385. The Hall–Kier alpha value is -1.48. The molecule has 0 saturated heterocycles. The van der Waals surface area contributed by atoms with Crippen LogP contribution in [0.3, 0.4) is 0 Å². The molecule has 3 nitrogen and oxygen atoms in total. The quantitative estimate of drug-likeness (QED) is 0.573. The zero-order valence-corrected chi connectivity index (χ0v) is 9.86. The Labute approximate surface area is 96.8 Å². The molecular formula is C13H19NO2. The van der Waals surface area contributed by atoms with Gasteiger partial charge in [-0.3, -0.25) is 0 Å². The number of phenolic OH excluding ortho intramolecular Hbond substituents is 1. The lowest BCUT2D eigenvalue weighted by Gasteiger charge is -2.15. The van der Waals surface area contributed by atoms with Crippen molar-refractivity contribution in [3.8, 4) is 11.5 Å². The number of nitrogens with one attached hydrogen (secondary N) is 1. The van der Waals surface area contributed by atoms with Crippen molar-refractivity contribution < 1.29 is 9.84 Å². The molecule has 0 fully saturated rings. The fourth-order valence-corrected chi connectivity index (χ4v) is 1.53. The summed E-state index contributed by atoms with van der Waals surface area (Å²) in [5, 5.41) is 13.1. The fourth-order valence-electron chi connectivity index (χ4n) is 1.53. The third-order valence-corrected chi connectivity index (χ3v) is 2.50. The zero-order chi connectivity index (χ0) is 12.0. The van der Waals surface area contributed by atoms with E-state index >= 15 is 0 Å². The highest BCUT2D eigenvalue weighted by molar-refractivity contribution is 5.41. The summed E-state index contributed by atoms with van der Waals surface area (Å²) in [5.41, 5.74) is 0.880. The lowest BCUT2D eigenvalue weighted by Crippen LogP contribution is -2.19. The molecule has 0 radical (unpaired) electrons. The van der Waals surface area contributed by atoms with Crippen LogP contribution < -0.4 is 10.1 Å². The van der Waals surface area contributed by atoms with Crippen LogP contribution in [0.15, 0.2) is 30.9 Å². The van der Waals surface area contributed by atoms with Gasteiger partial charge < -0.3 is 15.2 Å². The summed E-state index contributed by atoms with van der Waals surface area (Å²) in [4.78, 5) is 0. The number of ether oxygens (including phenoxy) is 1. The van der Waals surface area contributed by atoms with E-state index in [9.17, 15) is 5.11 Å². The minimum atomic E-state index is 0.117. The maximum atomic E-state index is 9.81. The minimum absolute atomic E-state index is 0.117. The van der Waals surface area contributed by atoms with Gasteiger partial charge in [0.2, 0.25) is 0 Å². The van der Waals surface area contributed by atoms with E-state index in [-0.39, 0.29) is 11.8 Å². The van der Waals surface area contributed by atoms with Crippen molar-refractivity contribution in [2.45, 2.75) is 19.4 Å². The van der Waals surface area contributed by atoms with Crippen LogP contribution >= 0.6 is 0 Å². The van der Waals surface area contributed by atoms with Crippen LogP contribution in [0.2, 0.25) is 0 Å². The maximum absolute atomic E-state index is 9.81. The molecule has 1 atom stereocenters. The molecular weight excluding hydrogens is 202 g/mol. The van der Waals surface area contributed by atoms with Crippen molar-refractivity contribution >= 4 is 0 Å². The van der Waals surface area contributed by atoms with E-state index in [1.165, 1.54) is 0 Å². The largest absolute Gasteiger partial charge is 0.507 e. The van der Waals surface area contributed by atoms with Gasteiger partial charge in [-0.25, -0.2) is 0 Å². The first kappa shape index (κ1) is 12.6. The number of rotatable bonds is 6. The number of phenols is 1. The molecule has 0 amide bonds. The van der Waals surface area contributed by atoms with Crippen molar-refractivity contribution in [2.75, 3.05) is 13.7 Å². The molecule has 1 aromatic rings. The summed E-state index contributed by atoms with van der Waals surface area (Å²) < 4.78 is 5.03. The van der Waals surface area contributed by atoms with Crippen molar-refractivity contribution in [1.29, 1.82) is 0 Å². The third kappa shape index (κ3) is 3.28. The highest BCUT2D eigenvalue weighted by atomic mass is 16.5. The van der Waals surface area contributed by atoms with Crippen molar-refractivity contribution in [2.24, 2.45) is 0 Å². The molecule has 0 bridgehead atoms. The number of hydrogen-bond donors (Lipinski definition) is 2. The zero-order valence-electron chi connectivity index (χ0n) is 9.86. The average Bonchev–Trinajstić information content (AvgIpc) is 2.29. The van der Waals surface area contributed by atoms with E-state index in [0.29, 0.717) is 5.75 Å². The normalized spacial score (nSPS) is 12.1. The Bertz CT molecular complexity index is 350. The van der Waals surface area contributed by atoms with Crippen LogP contribution in [0.5, 0.6) is 11.5 Å². The average molecular weight is 221 g/mol. The first-order chi connectivity index (χ1) is 7.69. The molecule has 16 heavy (non-hydrogen) atoms. The summed E-state index contributed by atoms with van der Waals surface area (Å²) in [6.45, 7) is 6.54. The van der Waals surface area contributed by atoms with E-state index in [1.807, 2.05) is 25.1 Å². The van der Waals surface area contributed by atoms with E-state index in [2.05, 4.69) is 11.9 Å². The Morgan fingerprint density at radius 1 is 1.56 bits per heavy atom. The molecule has 3 heteroatoms. The predicted molar refractivity (Wildman–Crippen MR) is 65.9 cm³/mol. The molecule has 1 unspecified atom stereocenters. The van der Waals surface area contributed by atoms with Crippen LogP contribution in [0.1, 0.15) is 24.9 Å². The Balaban J connectivity index is 2.67. The van der Waals surface area contributed by atoms with E-state index in [1.54, 1.807) is 13.2 Å². The number of methoxy groups -OCH3 is 1. The second kappa shape index (κ2) is 6.18. The van der Waals surface area contributed by atoms with Crippen molar-refractivity contribution in [1.82, 2.24) is 5.32 Å². The molecule has 0 heterocycles. The van der Waals surface area contributed by atoms with Crippen LogP contribution in [0.25, 0.3) is 0 Å². The van der Waals surface area contributed by atoms with Gasteiger partial charge in [-0.2, -0.15) is 0 Å².